The molecule has 1 N–H and O–H groups in total. The number of pyridine rings is 1. The van der Waals surface area contributed by atoms with Crippen LogP contribution in [0.4, 0.5) is 0 Å². The lowest BCUT2D eigenvalue weighted by atomic mass is 9.82. The molecule has 3 nitrogen and oxygen atoms in total. The van der Waals surface area contributed by atoms with Crippen LogP contribution < -0.4 is 0 Å². The molecule has 1 saturated heterocycles. The number of fused-ring (bicyclic) bond motifs is 1. The summed E-state index contributed by atoms with van der Waals surface area (Å²) in [5.41, 5.74) is 2.14. The predicted molar refractivity (Wildman–Crippen MR) is 84.1 cm³/mol. The van der Waals surface area contributed by atoms with Gasteiger partial charge in [-0.2, -0.15) is 0 Å². The summed E-state index contributed by atoms with van der Waals surface area (Å²) in [4.78, 5) is 4.38. The summed E-state index contributed by atoms with van der Waals surface area (Å²) in [6.07, 6.45) is 2.42. The van der Waals surface area contributed by atoms with Gasteiger partial charge in [-0.15, -0.1) is 0 Å². The first-order valence-corrected chi connectivity index (χ1v) is 7.74. The molecule has 3 rings (SSSR count). The van der Waals surface area contributed by atoms with Crippen LogP contribution in [0.5, 0.6) is 0 Å². The highest BCUT2D eigenvalue weighted by Gasteiger charge is 2.41. The summed E-state index contributed by atoms with van der Waals surface area (Å²) in [5.74, 6) is 0.565. The number of hydrogen-bond acceptors (Lipinski definition) is 3. The van der Waals surface area contributed by atoms with E-state index in [4.69, 9.17) is 4.74 Å². The number of para-hydroxylation sites is 1. The fourth-order valence-electron chi connectivity index (χ4n) is 3.65. The number of ether oxygens (including phenoxy) is 1. The second-order valence-corrected chi connectivity index (χ2v) is 6.24. The first kappa shape index (κ1) is 14.5. The van der Waals surface area contributed by atoms with Gasteiger partial charge in [0.2, 0.25) is 0 Å². The summed E-state index contributed by atoms with van der Waals surface area (Å²) in [6, 6.07) is 10.1. The minimum atomic E-state index is -0.384. The van der Waals surface area contributed by atoms with Gasteiger partial charge in [-0.1, -0.05) is 25.1 Å². The van der Waals surface area contributed by atoms with Crippen molar-refractivity contribution < 1.29 is 9.84 Å². The third-order valence-corrected chi connectivity index (χ3v) is 4.93. The van der Waals surface area contributed by atoms with E-state index in [1.807, 2.05) is 30.5 Å². The smallest absolute Gasteiger partial charge is 0.0704 e. The minimum Gasteiger partial charge on any atom is -0.392 e. The summed E-state index contributed by atoms with van der Waals surface area (Å²) in [5, 5.41) is 11.9. The van der Waals surface area contributed by atoms with Crippen molar-refractivity contribution in [2.24, 2.45) is 11.8 Å². The van der Waals surface area contributed by atoms with Gasteiger partial charge in [-0.3, -0.25) is 4.98 Å². The number of rotatable bonds is 3. The van der Waals surface area contributed by atoms with Crippen LogP contribution in [0.15, 0.2) is 36.5 Å². The molecule has 0 aliphatic carbocycles. The molecule has 5 atom stereocenters. The maximum absolute atomic E-state index is 10.7. The first-order valence-electron chi connectivity index (χ1n) is 7.74. The molecule has 2 aromatic rings. The number of aromatic nitrogens is 1. The molecular formula is C18H23NO2. The van der Waals surface area contributed by atoms with Crippen molar-refractivity contribution in [1.29, 1.82) is 0 Å². The van der Waals surface area contributed by atoms with Crippen LogP contribution >= 0.6 is 0 Å². The van der Waals surface area contributed by atoms with E-state index in [-0.39, 0.29) is 24.2 Å². The van der Waals surface area contributed by atoms with Crippen LogP contribution in [0.2, 0.25) is 0 Å². The molecule has 1 aliphatic rings. The van der Waals surface area contributed by atoms with Crippen LogP contribution in [-0.4, -0.2) is 28.4 Å². The van der Waals surface area contributed by atoms with Crippen molar-refractivity contribution in [3.05, 3.63) is 42.1 Å². The summed E-state index contributed by atoms with van der Waals surface area (Å²) >= 11 is 0. The molecule has 0 saturated carbocycles. The molecule has 21 heavy (non-hydrogen) atoms. The number of aliphatic hydroxyl groups excluding tert-OH is 1. The molecule has 1 aromatic carbocycles. The quantitative estimate of drug-likeness (QED) is 0.941. The Morgan fingerprint density at radius 1 is 1.14 bits per heavy atom. The van der Waals surface area contributed by atoms with Gasteiger partial charge in [0.05, 0.1) is 23.8 Å². The number of nitrogens with zero attached hydrogens (tertiary/aromatic N) is 1. The van der Waals surface area contributed by atoms with Crippen molar-refractivity contribution in [3.8, 4) is 0 Å². The lowest BCUT2D eigenvalue weighted by Gasteiger charge is -2.25. The number of benzene rings is 1. The maximum atomic E-state index is 10.7. The lowest BCUT2D eigenvalue weighted by Crippen LogP contribution is -2.32. The summed E-state index contributed by atoms with van der Waals surface area (Å²) in [7, 11) is 0. The fraction of sp³-hybridized carbons (Fsp3) is 0.500. The van der Waals surface area contributed by atoms with Crippen LogP contribution in [0, 0.1) is 11.8 Å². The first-order chi connectivity index (χ1) is 10.1. The molecule has 1 fully saturated rings. The average Bonchev–Trinajstić information content (AvgIpc) is 2.72. The predicted octanol–water partition coefficient (Wildman–Crippen LogP) is 3.20. The monoisotopic (exact) mass is 285 g/mol. The van der Waals surface area contributed by atoms with Gasteiger partial charge in [0, 0.05) is 17.5 Å². The molecular weight excluding hydrogens is 262 g/mol. The molecule has 3 heteroatoms. The largest absolute Gasteiger partial charge is 0.392 e. The highest BCUT2D eigenvalue weighted by Crippen LogP contribution is 2.35. The van der Waals surface area contributed by atoms with Crippen LogP contribution in [0.3, 0.4) is 0 Å². The van der Waals surface area contributed by atoms with E-state index < -0.39 is 0 Å². The van der Waals surface area contributed by atoms with E-state index in [1.54, 1.807) is 0 Å². The van der Waals surface area contributed by atoms with E-state index in [0.717, 1.165) is 16.5 Å². The lowest BCUT2D eigenvalue weighted by molar-refractivity contribution is 0.0241. The van der Waals surface area contributed by atoms with Crippen molar-refractivity contribution in [2.75, 3.05) is 0 Å². The Labute approximate surface area is 126 Å². The molecule has 0 radical (unpaired) electrons. The Bertz CT molecular complexity index is 622. The SMILES string of the molecule is CC1OC(C)C(C(O)Cc2ccnc3ccccc23)C1C. The Morgan fingerprint density at radius 3 is 2.62 bits per heavy atom. The molecule has 0 spiro atoms. The summed E-state index contributed by atoms with van der Waals surface area (Å²) in [6.45, 7) is 6.33. The molecule has 0 amide bonds. The van der Waals surface area contributed by atoms with E-state index >= 15 is 0 Å². The summed E-state index contributed by atoms with van der Waals surface area (Å²) < 4.78 is 5.86. The van der Waals surface area contributed by atoms with Crippen LogP contribution in [-0.2, 0) is 11.2 Å². The highest BCUT2D eigenvalue weighted by molar-refractivity contribution is 5.81. The Kier molecular flexibility index (Phi) is 3.96. The molecule has 1 aliphatic heterocycles. The fourth-order valence-corrected chi connectivity index (χ4v) is 3.65. The van der Waals surface area contributed by atoms with Gasteiger partial charge in [0.1, 0.15) is 0 Å². The standard InChI is InChI=1S/C18H23NO2/c1-11-12(2)21-13(3)18(11)17(20)10-14-8-9-19-16-7-5-4-6-15(14)16/h4-9,11-13,17-18,20H,10H2,1-3H3. The third kappa shape index (κ3) is 2.68. The molecule has 112 valence electrons. The normalized spacial score (nSPS) is 30.7. The van der Waals surface area contributed by atoms with Crippen molar-refractivity contribution in [2.45, 2.75) is 45.5 Å². The maximum Gasteiger partial charge on any atom is 0.0704 e. The zero-order chi connectivity index (χ0) is 15.0. The Hall–Kier alpha value is -1.45. The third-order valence-electron chi connectivity index (χ3n) is 4.93. The van der Waals surface area contributed by atoms with Crippen LogP contribution in [0.1, 0.15) is 26.3 Å². The molecule has 5 unspecified atom stereocenters. The second kappa shape index (κ2) is 5.74. The van der Waals surface area contributed by atoms with E-state index in [0.29, 0.717) is 12.3 Å². The van der Waals surface area contributed by atoms with Crippen molar-refractivity contribution in [1.82, 2.24) is 4.98 Å². The van der Waals surface area contributed by atoms with Crippen LogP contribution in [0.25, 0.3) is 10.9 Å². The van der Waals surface area contributed by atoms with E-state index in [2.05, 4.69) is 31.8 Å². The minimum absolute atomic E-state index is 0.109. The Balaban J connectivity index is 1.85. The number of hydrogen-bond donors (Lipinski definition) is 1. The highest BCUT2D eigenvalue weighted by atomic mass is 16.5. The topological polar surface area (TPSA) is 42.4 Å². The zero-order valence-corrected chi connectivity index (χ0v) is 12.9. The zero-order valence-electron chi connectivity index (χ0n) is 12.9. The van der Waals surface area contributed by atoms with Gasteiger partial charge in [0.25, 0.3) is 0 Å². The van der Waals surface area contributed by atoms with E-state index in [9.17, 15) is 5.11 Å². The van der Waals surface area contributed by atoms with Crippen molar-refractivity contribution in [3.63, 3.8) is 0 Å². The average molecular weight is 285 g/mol. The van der Waals surface area contributed by atoms with Gasteiger partial charge < -0.3 is 9.84 Å². The second-order valence-electron chi connectivity index (χ2n) is 6.24. The Morgan fingerprint density at radius 2 is 1.90 bits per heavy atom. The molecule has 2 heterocycles. The molecule has 0 bridgehead atoms. The number of aliphatic hydroxyl groups is 1. The van der Waals surface area contributed by atoms with Gasteiger partial charge in [-0.05, 0) is 43.9 Å². The van der Waals surface area contributed by atoms with Gasteiger partial charge in [0.15, 0.2) is 0 Å². The van der Waals surface area contributed by atoms with Crippen molar-refractivity contribution >= 4 is 10.9 Å². The van der Waals surface area contributed by atoms with Gasteiger partial charge >= 0.3 is 0 Å². The molecule has 1 aromatic heterocycles. The van der Waals surface area contributed by atoms with E-state index in [1.165, 1.54) is 0 Å². The van der Waals surface area contributed by atoms with Gasteiger partial charge in [-0.25, -0.2) is 0 Å².